The number of aromatic nitrogens is 4. The van der Waals surface area contributed by atoms with Gasteiger partial charge in [-0.15, -0.1) is 0 Å². The van der Waals surface area contributed by atoms with Gasteiger partial charge in [-0.3, -0.25) is 4.90 Å². The number of carbonyl (C=O) groups excluding carboxylic acids is 1. The number of fused-ring (bicyclic) bond motifs is 1. The van der Waals surface area contributed by atoms with Crippen LogP contribution in [0.25, 0.3) is 11.0 Å². The van der Waals surface area contributed by atoms with E-state index in [-0.39, 0.29) is 11.1 Å². The molecule has 2 aromatic heterocycles. The second-order valence-corrected chi connectivity index (χ2v) is 7.37. The van der Waals surface area contributed by atoms with E-state index in [2.05, 4.69) is 35.9 Å². The molecule has 1 saturated heterocycles. The van der Waals surface area contributed by atoms with Crippen molar-refractivity contribution in [2.24, 2.45) is 0 Å². The summed E-state index contributed by atoms with van der Waals surface area (Å²) in [7, 11) is 0. The van der Waals surface area contributed by atoms with Crippen LogP contribution >= 0.6 is 11.6 Å². The van der Waals surface area contributed by atoms with E-state index in [9.17, 15) is 9.18 Å². The minimum Gasteiger partial charge on any atom is -0.338 e. The van der Waals surface area contributed by atoms with Crippen molar-refractivity contribution in [3.63, 3.8) is 0 Å². The van der Waals surface area contributed by atoms with Crippen LogP contribution in [0.4, 0.5) is 38.0 Å². The van der Waals surface area contributed by atoms with Gasteiger partial charge >= 0.3 is 6.03 Å². The van der Waals surface area contributed by atoms with Crippen LogP contribution in [0, 0.1) is 5.82 Å². The maximum Gasteiger partial charge on any atom is 0.321 e. The zero-order chi connectivity index (χ0) is 22.1. The number of halogens is 2. The molecule has 0 radical (unpaired) electrons. The van der Waals surface area contributed by atoms with Crippen LogP contribution in [0.1, 0.15) is 0 Å². The van der Waals surface area contributed by atoms with E-state index in [4.69, 9.17) is 11.6 Å². The zero-order valence-electron chi connectivity index (χ0n) is 16.5. The average Bonchev–Trinajstić information content (AvgIpc) is 3.23. The van der Waals surface area contributed by atoms with Gasteiger partial charge in [-0.1, -0.05) is 11.6 Å². The molecule has 0 atom stereocenters. The molecule has 5 rings (SSSR count). The molecule has 3 heterocycles. The molecule has 2 aromatic carbocycles. The van der Waals surface area contributed by atoms with Gasteiger partial charge in [0.1, 0.15) is 23.2 Å². The molecule has 32 heavy (non-hydrogen) atoms. The first-order valence-corrected chi connectivity index (χ1v) is 10.1. The van der Waals surface area contributed by atoms with Gasteiger partial charge in [0, 0.05) is 30.2 Å². The van der Waals surface area contributed by atoms with E-state index in [1.165, 1.54) is 18.5 Å². The largest absolute Gasteiger partial charge is 0.338 e. The van der Waals surface area contributed by atoms with Crippen molar-refractivity contribution in [1.29, 1.82) is 0 Å². The van der Waals surface area contributed by atoms with Crippen molar-refractivity contribution < 1.29 is 9.18 Å². The second kappa shape index (κ2) is 8.23. The summed E-state index contributed by atoms with van der Waals surface area (Å²) in [4.78, 5) is 30.7. The quantitative estimate of drug-likeness (QED) is 0.417. The van der Waals surface area contributed by atoms with E-state index in [1.54, 1.807) is 17.2 Å². The van der Waals surface area contributed by atoms with E-state index in [1.807, 2.05) is 24.3 Å². The second-order valence-electron chi connectivity index (χ2n) is 6.96. The maximum absolute atomic E-state index is 13.4. The Bertz CT molecular complexity index is 1320. The van der Waals surface area contributed by atoms with Crippen LogP contribution in [-0.2, 0) is 0 Å². The number of hydrogen-bond donors (Lipinski definition) is 3. The minimum absolute atomic E-state index is 0.000187. The molecule has 0 bridgehead atoms. The summed E-state index contributed by atoms with van der Waals surface area (Å²) in [5.41, 5.74) is 3.14. The molecule has 0 aliphatic carbocycles. The number of urea groups is 1. The molecule has 11 heteroatoms. The molecule has 9 nitrogen and oxygen atoms in total. The standard InChI is InChI=1S/C21H16ClFN8O/c22-15-9-13(3-6-16(15)23)28-19-18-17(26-11-27-19)10-25-20(30-18)29-12-1-4-14(5-2-12)31-8-7-24-21(31)32/h1-6,9-11H,7-8H2,(H,24,32)(H,25,29,30)(H,26,27,28). The molecule has 0 spiro atoms. The van der Waals surface area contributed by atoms with Gasteiger partial charge in [-0.25, -0.2) is 29.1 Å². The Hall–Kier alpha value is -4.05. The SMILES string of the molecule is O=C1NCCN1c1ccc(Nc2ncc3ncnc(Nc4ccc(F)c(Cl)c4)c3n2)cc1. The molecule has 1 aliphatic rings. The van der Waals surface area contributed by atoms with Crippen LogP contribution < -0.4 is 20.9 Å². The van der Waals surface area contributed by atoms with Gasteiger partial charge in [0.05, 0.1) is 11.2 Å². The fourth-order valence-corrected chi connectivity index (χ4v) is 3.47. The number of benzene rings is 2. The Kier molecular flexibility index (Phi) is 5.12. The maximum atomic E-state index is 13.4. The molecule has 2 amide bonds. The number of carbonyl (C=O) groups is 1. The van der Waals surface area contributed by atoms with Crippen LogP contribution in [0.5, 0.6) is 0 Å². The Morgan fingerprint density at radius 3 is 2.59 bits per heavy atom. The smallest absolute Gasteiger partial charge is 0.321 e. The van der Waals surface area contributed by atoms with Crippen LogP contribution in [0.3, 0.4) is 0 Å². The Balaban J connectivity index is 1.39. The Labute approximate surface area is 186 Å². The van der Waals surface area contributed by atoms with Gasteiger partial charge in [0.2, 0.25) is 5.95 Å². The number of rotatable bonds is 5. The lowest BCUT2D eigenvalue weighted by atomic mass is 10.2. The molecule has 1 fully saturated rings. The first-order chi connectivity index (χ1) is 15.6. The molecule has 4 aromatic rings. The lowest BCUT2D eigenvalue weighted by Gasteiger charge is -2.15. The molecule has 0 saturated carbocycles. The van der Waals surface area contributed by atoms with Gasteiger partial charge in [0.15, 0.2) is 5.82 Å². The van der Waals surface area contributed by atoms with E-state index in [0.717, 1.165) is 11.4 Å². The summed E-state index contributed by atoms with van der Waals surface area (Å²) in [6, 6.07) is 11.6. The summed E-state index contributed by atoms with van der Waals surface area (Å²) in [5.74, 6) is 0.271. The fraction of sp³-hybridized carbons (Fsp3) is 0.0952. The van der Waals surface area contributed by atoms with Crippen molar-refractivity contribution in [2.75, 3.05) is 28.6 Å². The lowest BCUT2D eigenvalue weighted by molar-refractivity contribution is 0.252. The van der Waals surface area contributed by atoms with Gasteiger partial charge in [0.25, 0.3) is 0 Å². The number of amides is 2. The topological polar surface area (TPSA) is 108 Å². The summed E-state index contributed by atoms with van der Waals surface area (Å²) in [6.45, 7) is 1.26. The Morgan fingerprint density at radius 2 is 1.84 bits per heavy atom. The van der Waals surface area contributed by atoms with Gasteiger partial charge in [-0.2, -0.15) is 0 Å². The normalized spacial score (nSPS) is 13.3. The lowest BCUT2D eigenvalue weighted by Crippen LogP contribution is -2.27. The highest BCUT2D eigenvalue weighted by atomic mass is 35.5. The highest BCUT2D eigenvalue weighted by molar-refractivity contribution is 6.31. The van der Waals surface area contributed by atoms with Crippen molar-refractivity contribution in [1.82, 2.24) is 25.3 Å². The predicted molar refractivity (Wildman–Crippen MR) is 120 cm³/mol. The molecule has 3 N–H and O–H groups in total. The van der Waals surface area contributed by atoms with Crippen LogP contribution in [0.15, 0.2) is 55.0 Å². The van der Waals surface area contributed by atoms with E-state index >= 15 is 0 Å². The number of hydrogen-bond acceptors (Lipinski definition) is 7. The Morgan fingerprint density at radius 1 is 1.03 bits per heavy atom. The zero-order valence-corrected chi connectivity index (χ0v) is 17.3. The molecule has 0 unspecified atom stereocenters. The predicted octanol–water partition coefficient (Wildman–Crippen LogP) is 4.23. The van der Waals surface area contributed by atoms with Crippen LogP contribution in [-0.4, -0.2) is 39.1 Å². The highest BCUT2D eigenvalue weighted by Gasteiger charge is 2.20. The first-order valence-electron chi connectivity index (χ1n) is 9.69. The third-order valence-corrected chi connectivity index (χ3v) is 5.14. The van der Waals surface area contributed by atoms with Crippen molar-refractivity contribution in [3.8, 4) is 0 Å². The highest BCUT2D eigenvalue weighted by Crippen LogP contribution is 2.26. The van der Waals surface area contributed by atoms with E-state index < -0.39 is 5.82 Å². The van der Waals surface area contributed by atoms with E-state index in [0.29, 0.717) is 41.6 Å². The molecule has 1 aliphatic heterocycles. The monoisotopic (exact) mass is 450 g/mol. The van der Waals surface area contributed by atoms with Crippen molar-refractivity contribution >= 4 is 57.5 Å². The number of anilines is 5. The fourth-order valence-electron chi connectivity index (χ4n) is 3.29. The average molecular weight is 451 g/mol. The number of nitrogens with zero attached hydrogens (tertiary/aromatic N) is 5. The summed E-state index contributed by atoms with van der Waals surface area (Å²) in [5, 5.41) is 9.00. The van der Waals surface area contributed by atoms with Crippen molar-refractivity contribution in [2.45, 2.75) is 0 Å². The summed E-state index contributed by atoms with van der Waals surface area (Å²) >= 11 is 5.87. The summed E-state index contributed by atoms with van der Waals surface area (Å²) < 4.78 is 13.4. The number of nitrogens with one attached hydrogen (secondary N) is 3. The summed E-state index contributed by atoms with van der Waals surface area (Å²) in [6.07, 6.45) is 2.97. The molecular formula is C21H16ClFN8O. The third kappa shape index (κ3) is 3.95. The van der Waals surface area contributed by atoms with Gasteiger partial charge in [-0.05, 0) is 42.5 Å². The van der Waals surface area contributed by atoms with Crippen molar-refractivity contribution in [3.05, 3.63) is 65.8 Å². The minimum atomic E-state index is -0.505. The van der Waals surface area contributed by atoms with Gasteiger partial charge < -0.3 is 16.0 Å². The third-order valence-electron chi connectivity index (χ3n) is 4.85. The first kappa shape index (κ1) is 19.9. The molecule has 160 valence electrons. The van der Waals surface area contributed by atoms with Crippen LogP contribution in [0.2, 0.25) is 5.02 Å². The molecular weight excluding hydrogens is 435 g/mol.